The molecule has 1 atom stereocenters. The predicted octanol–water partition coefficient (Wildman–Crippen LogP) is 4.34. The number of aromatic nitrogens is 4. The highest BCUT2D eigenvalue weighted by atomic mass is 35.5. The van der Waals surface area contributed by atoms with E-state index in [0.717, 1.165) is 16.6 Å². The number of aryl methyl sites for hydroxylation is 1. The largest absolute Gasteiger partial charge is 0.368 e. The second-order valence-corrected chi connectivity index (χ2v) is 6.98. The zero-order chi connectivity index (χ0) is 18.5. The Hall–Kier alpha value is -2.73. The van der Waals surface area contributed by atoms with Gasteiger partial charge in [-0.05, 0) is 44.0 Å². The molecular formula is C19H17ClFN5. The number of rotatable bonds is 2. The molecule has 7 heteroatoms. The van der Waals surface area contributed by atoms with Gasteiger partial charge >= 0.3 is 0 Å². The van der Waals surface area contributed by atoms with Crippen molar-refractivity contribution >= 4 is 34.3 Å². The number of fused-ring (bicyclic) bond motifs is 1. The van der Waals surface area contributed by atoms with Crippen molar-refractivity contribution in [3.8, 4) is 0 Å². The molecule has 1 aromatic carbocycles. The number of benzene rings is 1. The van der Waals surface area contributed by atoms with E-state index in [1.165, 1.54) is 6.20 Å². The molecule has 0 aliphatic heterocycles. The van der Waals surface area contributed by atoms with Crippen molar-refractivity contribution in [2.75, 3.05) is 5.73 Å². The molecule has 0 spiro atoms. The molecule has 2 heterocycles. The SMILES string of the molecule is CC1=CCC(Cl)(c2ccnc(N)n2)C(F)=C1n1c(C)nc2ccccc21. The van der Waals surface area contributed by atoms with E-state index in [9.17, 15) is 0 Å². The zero-order valence-electron chi connectivity index (χ0n) is 14.4. The van der Waals surface area contributed by atoms with Gasteiger partial charge in [0.25, 0.3) is 0 Å². The van der Waals surface area contributed by atoms with Gasteiger partial charge in [-0.2, -0.15) is 0 Å². The van der Waals surface area contributed by atoms with Crippen LogP contribution in [0.15, 0.2) is 54.0 Å². The lowest BCUT2D eigenvalue weighted by Gasteiger charge is -2.30. The molecule has 0 saturated heterocycles. The Morgan fingerprint density at radius 3 is 2.73 bits per heavy atom. The highest BCUT2D eigenvalue weighted by molar-refractivity contribution is 6.26. The standard InChI is InChI=1S/C19H17ClFN5/c1-11-7-9-19(20,15-8-10-23-18(22)25-15)17(21)16(11)26-12(2)24-13-5-3-4-6-14(13)26/h3-8,10H,9H2,1-2H3,(H2,22,23,25). The summed E-state index contributed by atoms with van der Waals surface area (Å²) in [6.45, 7) is 3.72. The Balaban J connectivity index is 1.99. The zero-order valence-corrected chi connectivity index (χ0v) is 15.1. The third-order valence-corrected chi connectivity index (χ3v) is 5.17. The maximum Gasteiger partial charge on any atom is 0.220 e. The van der Waals surface area contributed by atoms with Gasteiger partial charge in [-0.3, -0.25) is 4.57 Å². The van der Waals surface area contributed by atoms with Gasteiger partial charge in [0.15, 0.2) is 5.83 Å². The van der Waals surface area contributed by atoms with Crippen LogP contribution in [-0.4, -0.2) is 19.5 Å². The van der Waals surface area contributed by atoms with Gasteiger partial charge in [-0.25, -0.2) is 19.3 Å². The number of alkyl halides is 1. The van der Waals surface area contributed by atoms with Gasteiger partial charge in [0.1, 0.15) is 10.7 Å². The summed E-state index contributed by atoms with van der Waals surface area (Å²) in [5, 5.41) is 0. The van der Waals surface area contributed by atoms with E-state index in [4.69, 9.17) is 17.3 Å². The molecule has 4 rings (SSSR count). The van der Waals surface area contributed by atoms with Crippen molar-refractivity contribution < 1.29 is 4.39 Å². The summed E-state index contributed by atoms with van der Waals surface area (Å²) in [6, 6.07) is 9.21. The van der Waals surface area contributed by atoms with Crippen molar-refractivity contribution in [1.82, 2.24) is 19.5 Å². The number of allylic oxidation sites excluding steroid dienone is 4. The number of nitrogens with zero attached hydrogens (tertiary/aromatic N) is 4. The number of para-hydroxylation sites is 2. The molecule has 1 aliphatic carbocycles. The molecule has 0 saturated carbocycles. The second kappa shape index (κ2) is 5.92. The van der Waals surface area contributed by atoms with Crippen LogP contribution >= 0.6 is 11.6 Å². The summed E-state index contributed by atoms with van der Waals surface area (Å²) in [5.41, 5.74) is 8.84. The lowest BCUT2D eigenvalue weighted by Crippen LogP contribution is -2.26. The summed E-state index contributed by atoms with van der Waals surface area (Å²) in [7, 11) is 0. The summed E-state index contributed by atoms with van der Waals surface area (Å²) < 4.78 is 17.6. The van der Waals surface area contributed by atoms with Gasteiger partial charge < -0.3 is 5.73 Å². The summed E-state index contributed by atoms with van der Waals surface area (Å²) in [6.07, 6.45) is 3.67. The Bertz CT molecular complexity index is 1080. The molecular weight excluding hydrogens is 353 g/mol. The highest BCUT2D eigenvalue weighted by Gasteiger charge is 2.41. The first kappa shape index (κ1) is 16.7. The first-order valence-electron chi connectivity index (χ1n) is 8.21. The minimum atomic E-state index is -1.43. The molecule has 2 N–H and O–H groups in total. The fourth-order valence-electron chi connectivity index (χ4n) is 3.36. The van der Waals surface area contributed by atoms with Gasteiger partial charge in [-0.1, -0.05) is 18.2 Å². The van der Waals surface area contributed by atoms with Gasteiger partial charge in [0.05, 0.1) is 22.4 Å². The first-order valence-corrected chi connectivity index (χ1v) is 8.59. The Labute approximate surface area is 155 Å². The van der Waals surface area contributed by atoms with Crippen LogP contribution < -0.4 is 5.73 Å². The monoisotopic (exact) mass is 369 g/mol. The van der Waals surface area contributed by atoms with E-state index in [1.54, 1.807) is 10.6 Å². The minimum Gasteiger partial charge on any atom is -0.368 e. The van der Waals surface area contributed by atoms with E-state index in [1.807, 2.05) is 44.2 Å². The molecule has 3 aromatic rings. The predicted molar refractivity (Wildman–Crippen MR) is 101 cm³/mol. The summed E-state index contributed by atoms with van der Waals surface area (Å²) in [5.74, 6) is 0.281. The molecule has 0 bridgehead atoms. The maximum absolute atomic E-state index is 15.8. The maximum atomic E-state index is 15.8. The number of halogens is 2. The molecule has 5 nitrogen and oxygen atoms in total. The second-order valence-electron chi connectivity index (χ2n) is 6.34. The number of anilines is 1. The van der Waals surface area contributed by atoms with Crippen LogP contribution in [0.3, 0.4) is 0 Å². The van der Waals surface area contributed by atoms with E-state index < -0.39 is 10.7 Å². The molecule has 132 valence electrons. The third kappa shape index (κ3) is 2.41. The number of hydrogen-bond acceptors (Lipinski definition) is 4. The minimum absolute atomic E-state index is 0.0624. The molecule has 0 fully saturated rings. The Morgan fingerprint density at radius 1 is 1.19 bits per heavy atom. The van der Waals surface area contributed by atoms with Crippen molar-refractivity contribution in [3.63, 3.8) is 0 Å². The normalized spacial score (nSPS) is 20.5. The van der Waals surface area contributed by atoms with Crippen LogP contribution in [0, 0.1) is 6.92 Å². The summed E-state index contributed by atoms with van der Waals surface area (Å²) >= 11 is 6.75. The van der Waals surface area contributed by atoms with Crippen LogP contribution in [0.1, 0.15) is 24.9 Å². The fourth-order valence-corrected chi connectivity index (χ4v) is 3.63. The van der Waals surface area contributed by atoms with Crippen LogP contribution in [0.4, 0.5) is 10.3 Å². The summed E-state index contributed by atoms with van der Waals surface area (Å²) in [4.78, 5) is 11.1. The van der Waals surface area contributed by atoms with Gasteiger partial charge in [0.2, 0.25) is 5.95 Å². The fraction of sp³-hybridized carbons (Fsp3) is 0.211. The molecule has 0 radical (unpaired) electrons. The highest BCUT2D eigenvalue weighted by Crippen LogP contribution is 2.48. The molecule has 1 aliphatic rings. The average molecular weight is 370 g/mol. The van der Waals surface area contributed by atoms with E-state index >= 15 is 4.39 Å². The Kier molecular flexibility index (Phi) is 3.80. The van der Waals surface area contributed by atoms with Gasteiger partial charge in [-0.15, -0.1) is 11.6 Å². The lowest BCUT2D eigenvalue weighted by molar-refractivity contribution is 0.492. The third-order valence-electron chi connectivity index (χ3n) is 4.65. The van der Waals surface area contributed by atoms with E-state index in [0.29, 0.717) is 17.2 Å². The van der Waals surface area contributed by atoms with E-state index in [-0.39, 0.29) is 12.4 Å². The number of imidazole rings is 1. The molecule has 1 unspecified atom stereocenters. The van der Waals surface area contributed by atoms with Crippen molar-refractivity contribution in [3.05, 3.63) is 65.5 Å². The molecule has 26 heavy (non-hydrogen) atoms. The van der Waals surface area contributed by atoms with Crippen molar-refractivity contribution in [1.29, 1.82) is 0 Å². The lowest BCUT2D eigenvalue weighted by atomic mass is 9.89. The average Bonchev–Trinajstić information content (AvgIpc) is 2.95. The van der Waals surface area contributed by atoms with Crippen LogP contribution in [0.2, 0.25) is 0 Å². The topological polar surface area (TPSA) is 69.6 Å². The first-order chi connectivity index (χ1) is 12.4. The Morgan fingerprint density at radius 2 is 1.96 bits per heavy atom. The van der Waals surface area contributed by atoms with Crippen molar-refractivity contribution in [2.45, 2.75) is 25.1 Å². The number of nitrogens with two attached hydrogens (primary N) is 1. The van der Waals surface area contributed by atoms with E-state index in [2.05, 4.69) is 15.0 Å². The van der Waals surface area contributed by atoms with Crippen LogP contribution in [0.25, 0.3) is 16.7 Å². The quantitative estimate of drug-likeness (QED) is 0.682. The van der Waals surface area contributed by atoms with Crippen LogP contribution in [0.5, 0.6) is 0 Å². The number of nitrogen functional groups attached to an aromatic ring is 1. The molecule has 2 aromatic heterocycles. The number of hydrogen-bond donors (Lipinski definition) is 1. The van der Waals surface area contributed by atoms with Gasteiger partial charge in [0, 0.05) is 6.20 Å². The smallest absolute Gasteiger partial charge is 0.220 e. The van der Waals surface area contributed by atoms with Crippen molar-refractivity contribution in [2.24, 2.45) is 0 Å². The van der Waals surface area contributed by atoms with Crippen LogP contribution in [-0.2, 0) is 4.87 Å². The molecule has 0 amide bonds.